The van der Waals surface area contributed by atoms with Crippen LogP contribution in [-0.2, 0) is 28.0 Å². The fourth-order valence-corrected chi connectivity index (χ4v) is 13.3. The monoisotopic (exact) mass is 987 g/mol. The van der Waals surface area contributed by atoms with Crippen LogP contribution in [0, 0.1) is 24.2 Å². The van der Waals surface area contributed by atoms with Crippen molar-refractivity contribution in [3.63, 3.8) is 0 Å². The molecule has 1 unspecified atom stereocenters. The minimum atomic E-state index is -0.589. The van der Waals surface area contributed by atoms with Gasteiger partial charge in [0.1, 0.15) is 28.7 Å². The van der Waals surface area contributed by atoms with Crippen LogP contribution in [-0.4, -0.2) is 97.5 Å². The molecule has 3 aliphatic rings. The number of ether oxygens (including phenoxy) is 1. The number of nitrogens with two attached hydrogens (primary N) is 1. The van der Waals surface area contributed by atoms with E-state index in [1.165, 1.54) is 16.4 Å². The van der Waals surface area contributed by atoms with Crippen LogP contribution in [0.2, 0.25) is 0 Å². The number of hydrogen-bond acceptors (Lipinski definition) is 16. The molecule has 0 radical (unpaired) electrons. The number of nitrogens with zero attached hydrogens (tertiary/aromatic N) is 9. The molecule has 69 heavy (non-hydrogen) atoms. The number of hydrogen-bond donors (Lipinski definition) is 2. The SMILES string of the molecule is Cc1ncsc1-c1ccc(CNC(=O)[C@@H]2CCCN2C(=O)C(c2cc(OCCCCN3CCCN(c4nccc(-c5cc([C@@]6(C)CCCc7sc(N)c(C#N)c76)sn5)n4)[C@@H](C)C3)no2)C(C)C)cc1. The average Bonchev–Trinajstić information content (AvgIpc) is 4.21. The van der Waals surface area contributed by atoms with E-state index in [1.54, 1.807) is 33.6 Å². The van der Waals surface area contributed by atoms with Crippen LogP contribution in [0.15, 0.2) is 58.7 Å². The van der Waals surface area contributed by atoms with Gasteiger partial charge in [-0.2, -0.15) is 9.64 Å². The van der Waals surface area contributed by atoms with E-state index in [4.69, 9.17) is 29.3 Å². The number of amides is 2. The normalized spacial score (nSPS) is 20.1. The van der Waals surface area contributed by atoms with Gasteiger partial charge in [-0.05, 0) is 130 Å². The van der Waals surface area contributed by atoms with Gasteiger partial charge in [-0.15, -0.1) is 22.7 Å². The Morgan fingerprint density at radius 2 is 1.91 bits per heavy atom. The van der Waals surface area contributed by atoms with Gasteiger partial charge in [-0.1, -0.05) is 45.0 Å². The van der Waals surface area contributed by atoms with Crippen LogP contribution in [0.1, 0.15) is 116 Å². The summed E-state index contributed by atoms with van der Waals surface area (Å²) in [6.45, 7) is 15.5. The zero-order valence-electron chi connectivity index (χ0n) is 40.1. The Bertz CT molecular complexity index is 2790. The lowest BCUT2D eigenvalue weighted by molar-refractivity contribution is -0.140. The van der Waals surface area contributed by atoms with Crippen molar-refractivity contribution in [2.24, 2.45) is 5.92 Å². The number of nitriles is 1. The Morgan fingerprint density at radius 3 is 2.70 bits per heavy atom. The lowest BCUT2D eigenvalue weighted by atomic mass is 9.71. The molecule has 0 bridgehead atoms. The van der Waals surface area contributed by atoms with E-state index in [0.717, 1.165) is 115 Å². The van der Waals surface area contributed by atoms with E-state index in [0.29, 0.717) is 54.3 Å². The quantitative estimate of drug-likeness (QED) is 0.0874. The third-order valence-corrected chi connectivity index (χ3v) is 17.1. The molecule has 2 amide bonds. The summed E-state index contributed by atoms with van der Waals surface area (Å²) >= 11 is 4.66. The van der Waals surface area contributed by atoms with Crippen molar-refractivity contribution in [2.45, 2.75) is 116 Å². The Labute approximate surface area is 416 Å². The molecule has 7 heterocycles. The lowest BCUT2D eigenvalue weighted by Crippen LogP contribution is -2.47. The number of aromatic nitrogens is 5. The maximum Gasteiger partial charge on any atom is 0.254 e. The number of thiophene rings is 1. The molecule has 15 nitrogen and oxygen atoms in total. The number of nitrogen functional groups attached to an aromatic ring is 1. The first-order valence-electron chi connectivity index (χ1n) is 24.2. The average molecular weight is 988 g/mol. The molecule has 0 saturated carbocycles. The Hall–Kier alpha value is -5.74. The van der Waals surface area contributed by atoms with Gasteiger partial charge >= 0.3 is 0 Å². The van der Waals surface area contributed by atoms with Crippen LogP contribution >= 0.6 is 34.2 Å². The number of anilines is 2. The summed E-state index contributed by atoms with van der Waals surface area (Å²) in [5, 5.41) is 17.9. The Kier molecular flexibility index (Phi) is 14.8. The molecule has 0 spiro atoms. The van der Waals surface area contributed by atoms with Crippen molar-refractivity contribution >= 4 is 57.0 Å². The van der Waals surface area contributed by atoms with E-state index < -0.39 is 12.0 Å². The number of carbonyl (C=O) groups is 2. The van der Waals surface area contributed by atoms with E-state index in [9.17, 15) is 14.9 Å². The second-order valence-corrected chi connectivity index (χ2v) is 22.0. The summed E-state index contributed by atoms with van der Waals surface area (Å²) in [4.78, 5) is 51.8. The van der Waals surface area contributed by atoms with Gasteiger partial charge < -0.3 is 35.0 Å². The number of rotatable bonds is 16. The van der Waals surface area contributed by atoms with Crippen LogP contribution in [0.5, 0.6) is 5.88 Å². The van der Waals surface area contributed by atoms with Crippen LogP contribution < -0.4 is 20.7 Å². The minimum absolute atomic E-state index is 0.0798. The van der Waals surface area contributed by atoms with Gasteiger partial charge in [0.2, 0.25) is 17.8 Å². The largest absolute Gasteiger partial charge is 0.476 e. The van der Waals surface area contributed by atoms with Gasteiger partial charge in [-0.25, -0.2) is 15.0 Å². The van der Waals surface area contributed by atoms with Gasteiger partial charge in [0.15, 0.2) is 5.76 Å². The number of fused-ring (bicyclic) bond motifs is 1. The molecule has 2 saturated heterocycles. The molecule has 362 valence electrons. The molecule has 1 aliphatic carbocycles. The van der Waals surface area contributed by atoms with E-state index >= 15 is 0 Å². The van der Waals surface area contributed by atoms with Crippen molar-refractivity contribution in [3.05, 3.63) is 92.1 Å². The van der Waals surface area contributed by atoms with Crippen LogP contribution in [0.3, 0.4) is 0 Å². The van der Waals surface area contributed by atoms with Crippen molar-refractivity contribution in [1.29, 1.82) is 5.26 Å². The zero-order valence-corrected chi connectivity index (χ0v) is 42.5. The Morgan fingerprint density at radius 1 is 1.07 bits per heavy atom. The smallest absolute Gasteiger partial charge is 0.254 e. The van der Waals surface area contributed by atoms with Crippen LogP contribution in [0.4, 0.5) is 10.9 Å². The third kappa shape index (κ3) is 10.3. The molecule has 4 atom stereocenters. The number of thiazole rings is 1. The Balaban J connectivity index is 0.737. The number of unbranched alkanes of at least 4 members (excludes halogenated alkanes) is 1. The number of aryl methyl sites for hydroxylation is 2. The first kappa shape index (κ1) is 48.3. The maximum absolute atomic E-state index is 14.1. The fourth-order valence-electron chi connectivity index (χ4n) is 10.4. The lowest BCUT2D eigenvalue weighted by Gasteiger charge is -2.33. The molecule has 2 aliphatic heterocycles. The highest BCUT2D eigenvalue weighted by molar-refractivity contribution is 7.16. The number of benzene rings is 1. The van der Waals surface area contributed by atoms with E-state index in [1.807, 2.05) is 50.7 Å². The van der Waals surface area contributed by atoms with Gasteiger partial charge in [0.05, 0.1) is 33.9 Å². The molecule has 18 heteroatoms. The first-order chi connectivity index (χ1) is 33.4. The summed E-state index contributed by atoms with van der Waals surface area (Å²) in [6.07, 6.45) is 8.92. The molecular formula is C51H61N11O4S3. The standard InChI is InChI=1S/C51H61N11O4S3/c1-31(2)44(49(64)62-22-9-11-39(62)48(63)55-28-34-13-15-35(16-14-34)46-33(4)56-30-67-46)40-26-43(58-66-40)65-24-7-6-20-60-21-10-23-61(32(3)29-60)50-54-19-17-37(57-50)38-25-42(69-59-38)51(5)18-8-12-41-45(51)36(27-52)47(53)68-41/h13-17,19,25-26,30-32,39,44H,6-12,18,20-24,28-29,53H2,1-5H3,(H,55,63)/t32-,39-,44?,51+/m0/s1. The molecule has 3 N–H and O–H groups in total. The number of nitrogens with one attached hydrogen (secondary N) is 1. The summed E-state index contributed by atoms with van der Waals surface area (Å²) in [5.41, 5.74) is 14.3. The third-order valence-electron chi connectivity index (χ3n) is 14.0. The highest BCUT2D eigenvalue weighted by atomic mass is 32.1. The van der Waals surface area contributed by atoms with E-state index in [2.05, 4.69) is 63.4 Å². The molecule has 6 aromatic rings. The van der Waals surface area contributed by atoms with Gasteiger partial charge in [0, 0.05) is 59.7 Å². The highest BCUT2D eigenvalue weighted by Crippen LogP contribution is 2.50. The number of carbonyl (C=O) groups excluding carboxylic acids is 2. The second-order valence-electron chi connectivity index (χ2n) is 19.2. The van der Waals surface area contributed by atoms with E-state index in [-0.39, 0.29) is 29.2 Å². The predicted molar refractivity (Wildman–Crippen MR) is 272 cm³/mol. The topological polar surface area (TPSA) is 193 Å². The maximum atomic E-state index is 14.1. The molecule has 5 aromatic heterocycles. The minimum Gasteiger partial charge on any atom is -0.476 e. The molecule has 9 rings (SSSR count). The van der Waals surface area contributed by atoms with Crippen molar-refractivity contribution in [3.8, 4) is 33.8 Å². The summed E-state index contributed by atoms with van der Waals surface area (Å²) in [5.74, 6) is 0.586. The predicted octanol–water partition coefficient (Wildman–Crippen LogP) is 8.98. The fraction of sp³-hybridized carbons (Fsp3) is 0.490. The summed E-state index contributed by atoms with van der Waals surface area (Å²) < 4.78 is 16.7. The second kappa shape index (κ2) is 21.1. The zero-order chi connectivity index (χ0) is 48.2. The van der Waals surface area contributed by atoms with Crippen molar-refractivity contribution in [2.75, 3.05) is 50.0 Å². The van der Waals surface area contributed by atoms with Crippen LogP contribution in [0.25, 0.3) is 21.8 Å². The van der Waals surface area contributed by atoms with Crippen molar-refractivity contribution in [1.82, 2.24) is 39.6 Å². The molecule has 2 fully saturated rings. The highest BCUT2D eigenvalue weighted by Gasteiger charge is 2.42. The van der Waals surface area contributed by atoms with Gasteiger partial charge in [-0.3, -0.25) is 9.59 Å². The van der Waals surface area contributed by atoms with Gasteiger partial charge in [0.25, 0.3) is 5.88 Å². The molecule has 1 aromatic carbocycles. The summed E-state index contributed by atoms with van der Waals surface area (Å²) in [7, 11) is 0. The first-order valence-corrected chi connectivity index (χ1v) is 26.7. The summed E-state index contributed by atoms with van der Waals surface area (Å²) in [6, 6.07) is 16.0. The molecular weight excluding hydrogens is 927 g/mol. The van der Waals surface area contributed by atoms with Crippen molar-refractivity contribution < 1.29 is 18.8 Å². The number of likely N-dealkylation sites (tertiary alicyclic amines) is 1.